The number of imidazole rings is 1. The molecule has 1 aliphatic rings. The summed E-state index contributed by atoms with van der Waals surface area (Å²) in [7, 11) is 1.75. The normalized spacial score (nSPS) is 21.8. The van der Waals surface area contributed by atoms with Crippen molar-refractivity contribution in [3.8, 4) is 0 Å². The summed E-state index contributed by atoms with van der Waals surface area (Å²) in [6.07, 6.45) is 2.21. The Morgan fingerprint density at radius 1 is 1.39 bits per heavy atom. The number of aliphatic hydroxyl groups excluding tert-OH is 1. The van der Waals surface area contributed by atoms with E-state index in [1.165, 1.54) is 0 Å². The predicted octanol–water partition coefficient (Wildman–Crippen LogP) is 2.55. The lowest BCUT2D eigenvalue weighted by atomic mass is 9.87. The molecule has 9 nitrogen and oxygen atoms in total. The molecule has 28 heavy (non-hydrogen) atoms. The third-order valence-electron chi connectivity index (χ3n) is 4.80. The van der Waals surface area contributed by atoms with Crippen LogP contribution in [0.4, 0.5) is 11.8 Å². The molecule has 154 valence electrons. The molecule has 2 aromatic heterocycles. The highest BCUT2D eigenvalue weighted by molar-refractivity contribution is 5.91. The molecule has 3 rings (SSSR count). The van der Waals surface area contributed by atoms with Crippen LogP contribution in [0.15, 0.2) is 6.33 Å². The Kier molecular flexibility index (Phi) is 5.33. The van der Waals surface area contributed by atoms with Gasteiger partial charge in [0.25, 0.3) is 0 Å². The van der Waals surface area contributed by atoms with E-state index in [-0.39, 0.29) is 41.6 Å². The molecule has 0 unspecified atom stereocenters. The van der Waals surface area contributed by atoms with Crippen LogP contribution in [0, 0.1) is 10.8 Å². The molecule has 0 saturated carbocycles. The van der Waals surface area contributed by atoms with Gasteiger partial charge in [-0.2, -0.15) is 9.97 Å². The van der Waals surface area contributed by atoms with Crippen molar-refractivity contribution in [2.75, 3.05) is 24.3 Å². The molecule has 1 aliphatic heterocycles. The van der Waals surface area contributed by atoms with E-state index in [9.17, 15) is 9.90 Å². The van der Waals surface area contributed by atoms with Crippen LogP contribution in [-0.4, -0.2) is 50.3 Å². The number of aromatic nitrogens is 4. The lowest BCUT2D eigenvalue weighted by molar-refractivity contribution is -0.117. The molecule has 3 heterocycles. The summed E-state index contributed by atoms with van der Waals surface area (Å²) in [5.74, 6) is 0.615. The van der Waals surface area contributed by atoms with Gasteiger partial charge < -0.3 is 15.2 Å². The molecule has 2 aromatic rings. The molecule has 0 aliphatic carbocycles. The van der Waals surface area contributed by atoms with Crippen molar-refractivity contribution in [2.45, 2.75) is 59.8 Å². The van der Waals surface area contributed by atoms with Gasteiger partial charge in [-0.05, 0) is 11.8 Å². The van der Waals surface area contributed by atoms with Crippen LogP contribution >= 0.6 is 0 Å². The molecule has 0 aromatic carbocycles. The summed E-state index contributed by atoms with van der Waals surface area (Å²) in [6, 6.07) is 0. The second-order valence-corrected chi connectivity index (χ2v) is 9.24. The summed E-state index contributed by atoms with van der Waals surface area (Å²) in [6.45, 7) is 10.2. The molecule has 0 bridgehead atoms. The first kappa shape index (κ1) is 20.5. The fraction of sp³-hybridized carbons (Fsp3) is 0.684. The number of carbonyl (C=O) groups is 1. The minimum Gasteiger partial charge on any atom is -0.394 e. The molecule has 1 fully saturated rings. The molecule has 3 N–H and O–H groups in total. The molecule has 1 saturated heterocycles. The molecular formula is C19H30N6O3. The van der Waals surface area contributed by atoms with Crippen LogP contribution < -0.4 is 10.6 Å². The monoisotopic (exact) mass is 390 g/mol. The van der Waals surface area contributed by atoms with Gasteiger partial charge in [-0.1, -0.05) is 34.6 Å². The number of amides is 1. The average molecular weight is 390 g/mol. The van der Waals surface area contributed by atoms with E-state index in [1.54, 1.807) is 13.4 Å². The zero-order chi connectivity index (χ0) is 20.7. The van der Waals surface area contributed by atoms with E-state index in [0.29, 0.717) is 23.4 Å². The number of nitrogens with zero attached hydrogens (tertiary/aromatic N) is 4. The first-order valence-corrected chi connectivity index (χ1v) is 9.52. The first-order valence-electron chi connectivity index (χ1n) is 9.52. The Morgan fingerprint density at radius 3 is 2.68 bits per heavy atom. The predicted molar refractivity (Wildman–Crippen MR) is 107 cm³/mol. The number of fused-ring (bicyclic) bond motifs is 1. The maximum absolute atomic E-state index is 12.3. The molecule has 2 atom stereocenters. The van der Waals surface area contributed by atoms with Crippen LogP contribution in [0.3, 0.4) is 0 Å². The van der Waals surface area contributed by atoms with Crippen LogP contribution in [0.5, 0.6) is 0 Å². The zero-order valence-corrected chi connectivity index (χ0v) is 17.4. The van der Waals surface area contributed by atoms with Gasteiger partial charge in [0.2, 0.25) is 11.9 Å². The summed E-state index contributed by atoms with van der Waals surface area (Å²) in [5.41, 5.74) is 0.829. The van der Waals surface area contributed by atoms with Gasteiger partial charge in [0.05, 0.1) is 19.0 Å². The Morgan fingerprint density at radius 2 is 2.11 bits per heavy atom. The Balaban J connectivity index is 1.99. The fourth-order valence-electron chi connectivity index (χ4n) is 3.62. The van der Waals surface area contributed by atoms with E-state index in [4.69, 9.17) is 4.74 Å². The maximum atomic E-state index is 12.3. The Bertz CT molecular complexity index is 870. The number of hydrogen-bond donors (Lipinski definition) is 3. The highest BCUT2D eigenvalue weighted by Crippen LogP contribution is 2.45. The van der Waals surface area contributed by atoms with E-state index >= 15 is 0 Å². The zero-order valence-electron chi connectivity index (χ0n) is 17.4. The standard InChI is InChI=1S/C19H30N6O3/c1-18(2,3)8-12(27)22-17-23-14(20-6)13-15(24-17)25(10-21-13)16-19(4,5)7-11(9-26)28-16/h10-11,16,26H,7-9H2,1-6H3,(H2,20,22,23,24,27)/t11-,16+/m0/s1. The van der Waals surface area contributed by atoms with Crippen LogP contribution in [-0.2, 0) is 9.53 Å². The van der Waals surface area contributed by atoms with Crippen molar-refractivity contribution in [3.63, 3.8) is 0 Å². The van der Waals surface area contributed by atoms with Gasteiger partial charge in [0.1, 0.15) is 6.23 Å². The third-order valence-corrected chi connectivity index (χ3v) is 4.80. The van der Waals surface area contributed by atoms with Gasteiger partial charge in [0.15, 0.2) is 17.0 Å². The summed E-state index contributed by atoms with van der Waals surface area (Å²) in [4.78, 5) is 25.7. The van der Waals surface area contributed by atoms with Crippen molar-refractivity contribution in [2.24, 2.45) is 10.8 Å². The van der Waals surface area contributed by atoms with Crippen molar-refractivity contribution < 1.29 is 14.6 Å². The molecular weight excluding hydrogens is 360 g/mol. The van der Waals surface area contributed by atoms with E-state index < -0.39 is 0 Å². The van der Waals surface area contributed by atoms with Crippen LogP contribution in [0.2, 0.25) is 0 Å². The number of carbonyl (C=O) groups excluding carboxylic acids is 1. The maximum Gasteiger partial charge on any atom is 0.233 e. The second-order valence-electron chi connectivity index (χ2n) is 9.24. The van der Waals surface area contributed by atoms with Gasteiger partial charge in [-0.15, -0.1) is 0 Å². The third kappa shape index (κ3) is 4.10. The quantitative estimate of drug-likeness (QED) is 0.719. The number of nitrogens with one attached hydrogen (secondary N) is 2. The second kappa shape index (κ2) is 7.29. The number of hydrogen-bond acceptors (Lipinski definition) is 7. The van der Waals surface area contributed by atoms with Crippen LogP contribution in [0.25, 0.3) is 11.2 Å². The lowest BCUT2D eigenvalue weighted by Gasteiger charge is -2.26. The summed E-state index contributed by atoms with van der Waals surface area (Å²) >= 11 is 0. The molecule has 0 spiro atoms. The first-order chi connectivity index (χ1) is 13.0. The minimum absolute atomic E-state index is 0.0303. The molecule has 9 heteroatoms. The van der Waals surface area contributed by atoms with Crippen molar-refractivity contribution in [1.82, 2.24) is 19.5 Å². The minimum atomic E-state index is -0.326. The summed E-state index contributed by atoms with van der Waals surface area (Å²) in [5, 5.41) is 15.3. The number of rotatable bonds is 5. The Hall–Kier alpha value is -2.26. The highest BCUT2D eigenvalue weighted by atomic mass is 16.5. The SMILES string of the molecule is CNc1nc(NC(=O)CC(C)(C)C)nc2c1ncn2[C@@H]1O[C@H](CO)CC1(C)C. The van der Waals surface area contributed by atoms with Gasteiger partial charge in [-0.3, -0.25) is 14.7 Å². The lowest BCUT2D eigenvalue weighted by Crippen LogP contribution is -2.23. The fourth-order valence-corrected chi connectivity index (χ4v) is 3.62. The topological polar surface area (TPSA) is 114 Å². The molecule has 0 radical (unpaired) electrons. The number of anilines is 2. The largest absolute Gasteiger partial charge is 0.394 e. The van der Waals surface area contributed by atoms with Crippen molar-refractivity contribution in [1.29, 1.82) is 0 Å². The van der Waals surface area contributed by atoms with E-state index in [1.807, 2.05) is 25.3 Å². The van der Waals surface area contributed by atoms with Gasteiger partial charge in [-0.25, -0.2) is 4.98 Å². The van der Waals surface area contributed by atoms with Gasteiger partial charge >= 0.3 is 0 Å². The average Bonchev–Trinajstić information content (AvgIpc) is 3.11. The molecule has 1 amide bonds. The van der Waals surface area contributed by atoms with E-state index in [2.05, 4.69) is 39.4 Å². The van der Waals surface area contributed by atoms with Gasteiger partial charge in [0, 0.05) is 18.9 Å². The number of ether oxygens (including phenoxy) is 1. The smallest absolute Gasteiger partial charge is 0.233 e. The summed E-state index contributed by atoms with van der Waals surface area (Å²) < 4.78 is 7.90. The number of aliphatic hydroxyl groups is 1. The Labute approximate surface area is 164 Å². The van der Waals surface area contributed by atoms with E-state index in [0.717, 1.165) is 6.42 Å². The van der Waals surface area contributed by atoms with Crippen molar-refractivity contribution >= 4 is 28.8 Å². The van der Waals surface area contributed by atoms with Crippen LogP contribution in [0.1, 0.15) is 53.7 Å². The van der Waals surface area contributed by atoms with Crippen molar-refractivity contribution in [3.05, 3.63) is 6.33 Å². The highest BCUT2D eigenvalue weighted by Gasteiger charge is 2.43.